The van der Waals surface area contributed by atoms with Crippen LogP contribution in [0.15, 0.2) is 47.5 Å². The van der Waals surface area contributed by atoms with E-state index in [0.717, 1.165) is 25.1 Å². The molecule has 0 saturated carbocycles. The molecule has 1 amide bonds. The summed E-state index contributed by atoms with van der Waals surface area (Å²) in [5, 5.41) is 6.57. The van der Waals surface area contributed by atoms with Crippen LogP contribution in [0.2, 0.25) is 5.02 Å². The molecular formula is C21H22ClN3O4. The minimum atomic E-state index is -0.280. The number of benzene rings is 2. The largest absolute Gasteiger partial charge is 0.486 e. The van der Waals surface area contributed by atoms with Crippen LogP contribution >= 0.6 is 11.6 Å². The number of amides is 1. The molecule has 4 rings (SSSR count). The Morgan fingerprint density at radius 1 is 1.07 bits per heavy atom. The van der Waals surface area contributed by atoms with E-state index in [-0.39, 0.29) is 12.0 Å². The van der Waals surface area contributed by atoms with Gasteiger partial charge in [-0.2, -0.15) is 0 Å². The fourth-order valence-electron chi connectivity index (χ4n) is 3.13. The first-order chi connectivity index (χ1) is 14.2. The van der Waals surface area contributed by atoms with Gasteiger partial charge in [0.1, 0.15) is 13.2 Å². The molecule has 8 heteroatoms. The lowest BCUT2D eigenvalue weighted by atomic mass is 10.2. The number of hydrogen-bond donors (Lipinski definition) is 2. The van der Waals surface area contributed by atoms with Gasteiger partial charge in [0, 0.05) is 28.9 Å². The first-order valence-corrected chi connectivity index (χ1v) is 9.95. The number of hydrogen-bond acceptors (Lipinski definition) is 5. The first-order valence-electron chi connectivity index (χ1n) is 9.57. The van der Waals surface area contributed by atoms with Gasteiger partial charge in [0.2, 0.25) is 5.96 Å². The van der Waals surface area contributed by atoms with Crippen LogP contribution in [0.4, 0.5) is 5.69 Å². The summed E-state index contributed by atoms with van der Waals surface area (Å²) in [5.74, 6) is 1.42. The molecule has 0 bridgehead atoms. The maximum atomic E-state index is 12.6. The van der Waals surface area contributed by atoms with Crippen molar-refractivity contribution < 1.29 is 19.0 Å². The highest BCUT2D eigenvalue weighted by molar-refractivity contribution is 6.30. The van der Waals surface area contributed by atoms with Gasteiger partial charge in [-0.15, -0.1) is 0 Å². The number of halogens is 1. The molecule has 2 aliphatic heterocycles. The van der Waals surface area contributed by atoms with Gasteiger partial charge in [0.05, 0.1) is 12.6 Å². The molecule has 2 N–H and O–H groups in total. The van der Waals surface area contributed by atoms with Crippen molar-refractivity contribution in [2.24, 2.45) is 4.99 Å². The van der Waals surface area contributed by atoms with E-state index in [1.807, 2.05) is 18.2 Å². The highest BCUT2D eigenvalue weighted by atomic mass is 35.5. The van der Waals surface area contributed by atoms with Crippen molar-refractivity contribution in [1.29, 1.82) is 0 Å². The molecule has 29 heavy (non-hydrogen) atoms. The second-order valence-electron chi connectivity index (χ2n) is 6.77. The van der Waals surface area contributed by atoms with Gasteiger partial charge >= 0.3 is 0 Å². The average Bonchev–Trinajstić information content (AvgIpc) is 3.26. The van der Waals surface area contributed by atoms with Gasteiger partial charge in [0.25, 0.3) is 5.91 Å². The molecule has 2 aromatic rings. The van der Waals surface area contributed by atoms with Crippen molar-refractivity contribution >= 4 is 29.2 Å². The van der Waals surface area contributed by atoms with Crippen molar-refractivity contribution in [3.05, 3.63) is 53.1 Å². The third-order valence-corrected chi connectivity index (χ3v) is 4.87. The van der Waals surface area contributed by atoms with Crippen LogP contribution in [0.5, 0.6) is 11.5 Å². The lowest BCUT2D eigenvalue weighted by Gasteiger charge is -2.19. The Morgan fingerprint density at radius 2 is 1.86 bits per heavy atom. The van der Waals surface area contributed by atoms with Crippen molar-refractivity contribution in [3.8, 4) is 11.5 Å². The van der Waals surface area contributed by atoms with Gasteiger partial charge < -0.3 is 19.5 Å². The van der Waals surface area contributed by atoms with Gasteiger partial charge in [-0.1, -0.05) is 11.6 Å². The van der Waals surface area contributed by atoms with E-state index in [4.69, 9.17) is 25.8 Å². The molecule has 2 heterocycles. The smallest absolute Gasteiger partial charge is 0.257 e. The first kappa shape index (κ1) is 19.5. The maximum Gasteiger partial charge on any atom is 0.257 e. The number of nitrogens with zero attached hydrogens (tertiary/aromatic N) is 1. The summed E-state index contributed by atoms with van der Waals surface area (Å²) in [6.07, 6.45) is 2.06. The van der Waals surface area contributed by atoms with Gasteiger partial charge in [-0.3, -0.25) is 10.1 Å². The number of anilines is 1. The van der Waals surface area contributed by atoms with E-state index in [1.165, 1.54) is 0 Å². The molecule has 1 atom stereocenters. The predicted octanol–water partition coefficient (Wildman–Crippen LogP) is 3.49. The second kappa shape index (κ2) is 9.15. The number of ether oxygens (including phenoxy) is 3. The van der Waals surface area contributed by atoms with Crippen LogP contribution in [0, 0.1) is 0 Å². The van der Waals surface area contributed by atoms with E-state index in [1.54, 1.807) is 24.3 Å². The fourth-order valence-corrected chi connectivity index (χ4v) is 3.26. The van der Waals surface area contributed by atoms with Crippen molar-refractivity contribution in [2.75, 3.05) is 31.7 Å². The van der Waals surface area contributed by atoms with Crippen LogP contribution < -0.4 is 20.1 Å². The summed E-state index contributed by atoms with van der Waals surface area (Å²) in [6.45, 7) is 2.25. The minimum Gasteiger partial charge on any atom is -0.486 e. The number of carbonyl (C=O) groups excluding carboxylic acids is 1. The zero-order valence-corrected chi connectivity index (χ0v) is 16.6. The SMILES string of the molecule is O=C(NC(=NC[C@@H]1CCCO1)Nc1ccc2c(c1)OCCO2)c1ccc(Cl)cc1. The lowest BCUT2D eigenvalue weighted by Crippen LogP contribution is -2.36. The van der Waals surface area contributed by atoms with Crippen LogP contribution in [-0.2, 0) is 4.74 Å². The van der Waals surface area contributed by atoms with E-state index < -0.39 is 0 Å². The minimum absolute atomic E-state index is 0.0690. The van der Waals surface area contributed by atoms with Gasteiger partial charge in [-0.05, 0) is 49.2 Å². The Kier molecular flexibility index (Phi) is 6.17. The van der Waals surface area contributed by atoms with Crippen LogP contribution in [0.1, 0.15) is 23.2 Å². The molecular weight excluding hydrogens is 394 g/mol. The Labute approximate surface area is 174 Å². The molecule has 152 valence electrons. The number of nitrogens with one attached hydrogen (secondary N) is 2. The number of carbonyl (C=O) groups is 1. The van der Waals surface area contributed by atoms with Crippen LogP contribution in [0.25, 0.3) is 0 Å². The topological polar surface area (TPSA) is 81.2 Å². The molecule has 1 saturated heterocycles. The third kappa shape index (κ3) is 5.19. The standard InChI is InChI=1S/C21H22ClN3O4/c22-15-5-3-14(4-6-15)20(26)25-21(23-13-17-2-1-9-27-17)24-16-7-8-18-19(12-16)29-11-10-28-18/h3-8,12,17H,1-2,9-11,13H2,(H2,23,24,25,26)/t17-/m0/s1. The van der Waals surface area contributed by atoms with E-state index in [9.17, 15) is 4.79 Å². The summed E-state index contributed by atoms with van der Waals surface area (Å²) in [6, 6.07) is 12.2. The zero-order chi connectivity index (χ0) is 20.1. The second-order valence-corrected chi connectivity index (χ2v) is 7.21. The molecule has 2 aromatic carbocycles. The Bertz CT molecular complexity index is 895. The fraction of sp³-hybridized carbons (Fsp3) is 0.333. The molecule has 1 fully saturated rings. The summed E-state index contributed by atoms with van der Waals surface area (Å²) in [5.41, 5.74) is 1.22. The third-order valence-electron chi connectivity index (χ3n) is 4.62. The molecule has 0 aliphatic carbocycles. The molecule has 2 aliphatic rings. The monoisotopic (exact) mass is 415 g/mol. The average molecular weight is 416 g/mol. The Morgan fingerprint density at radius 3 is 2.62 bits per heavy atom. The zero-order valence-electron chi connectivity index (χ0n) is 15.8. The van der Waals surface area contributed by atoms with Crippen molar-refractivity contribution in [1.82, 2.24) is 5.32 Å². The van der Waals surface area contributed by atoms with Crippen LogP contribution in [-0.4, -0.2) is 44.3 Å². The predicted molar refractivity (Wildman–Crippen MR) is 111 cm³/mol. The van der Waals surface area contributed by atoms with E-state index in [0.29, 0.717) is 47.8 Å². The van der Waals surface area contributed by atoms with Crippen molar-refractivity contribution in [3.63, 3.8) is 0 Å². The molecule has 0 unspecified atom stereocenters. The molecule has 0 aromatic heterocycles. The Balaban J connectivity index is 1.50. The number of fused-ring (bicyclic) bond motifs is 1. The number of guanidine groups is 1. The molecule has 7 nitrogen and oxygen atoms in total. The number of aliphatic imine (C=N–C) groups is 1. The summed E-state index contributed by atoms with van der Waals surface area (Å²) in [4.78, 5) is 17.2. The van der Waals surface area contributed by atoms with E-state index in [2.05, 4.69) is 15.6 Å². The maximum absolute atomic E-state index is 12.6. The normalized spacial score (nSPS) is 18.4. The van der Waals surface area contributed by atoms with Crippen LogP contribution in [0.3, 0.4) is 0 Å². The number of rotatable bonds is 4. The highest BCUT2D eigenvalue weighted by Gasteiger charge is 2.17. The Hall–Kier alpha value is -2.77. The van der Waals surface area contributed by atoms with Gasteiger partial charge in [-0.25, -0.2) is 4.99 Å². The molecule has 0 radical (unpaired) electrons. The van der Waals surface area contributed by atoms with Gasteiger partial charge in [0.15, 0.2) is 11.5 Å². The molecule has 0 spiro atoms. The summed E-state index contributed by atoms with van der Waals surface area (Å²) >= 11 is 5.91. The summed E-state index contributed by atoms with van der Waals surface area (Å²) < 4.78 is 16.8. The lowest BCUT2D eigenvalue weighted by molar-refractivity contribution is 0.0975. The quantitative estimate of drug-likeness (QED) is 0.590. The summed E-state index contributed by atoms with van der Waals surface area (Å²) in [7, 11) is 0. The highest BCUT2D eigenvalue weighted by Crippen LogP contribution is 2.32. The van der Waals surface area contributed by atoms with Crippen molar-refractivity contribution in [2.45, 2.75) is 18.9 Å². The van der Waals surface area contributed by atoms with E-state index >= 15 is 0 Å².